The standard InChI is InChI=1S/C15H24N2O4/c1-10(2)8-11(3)16-14(9-18)15(19)12-4-6-13(7-5-12)17(20)21/h4-7,10-11,14-16,18-19H,8-9H2,1-3H3. The van der Waals surface area contributed by atoms with Crippen LogP contribution in [0.2, 0.25) is 0 Å². The Labute approximate surface area is 125 Å². The summed E-state index contributed by atoms with van der Waals surface area (Å²) in [4.78, 5) is 10.1. The lowest BCUT2D eigenvalue weighted by Gasteiger charge is -2.27. The third-order valence-electron chi connectivity index (χ3n) is 3.35. The van der Waals surface area contributed by atoms with E-state index in [1.807, 2.05) is 6.92 Å². The van der Waals surface area contributed by atoms with Crippen LogP contribution in [-0.2, 0) is 0 Å². The molecule has 3 unspecified atom stereocenters. The summed E-state index contributed by atoms with van der Waals surface area (Å²) in [5.74, 6) is 0.517. The van der Waals surface area contributed by atoms with Crippen molar-refractivity contribution in [2.75, 3.05) is 6.61 Å². The van der Waals surface area contributed by atoms with Gasteiger partial charge in [-0.2, -0.15) is 0 Å². The molecule has 0 fully saturated rings. The third-order valence-corrected chi connectivity index (χ3v) is 3.35. The van der Waals surface area contributed by atoms with Gasteiger partial charge in [-0.15, -0.1) is 0 Å². The maximum absolute atomic E-state index is 10.6. The Balaban J connectivity index is 2.73. The molecule has 0 heterocycles. The molecule has 3 N–H and O–H groups in total. The number of rotatable bonds is 8. The van der Waals surface area contributed by atoms with Gasteiger partial charge in [0, 0.05) is 18.2 Å². The second kappa shape index (κ2) is 8.07. The highest BCUT2D eigenvalue weighted by atomic mass is 16.6. The summed E-state index contributed by atoms with van der Waals surface area (Å²) in [5.41, 5.74) is 0.525. The number of nitro benzene ring substituents is 1. The molecule has 0 radical (unpaired) electrons. The molecule has 0 aliphatic carbocycles. The van der Waals surface area contributed by atoms with Crippen LogP contribution in [0.4, 0.5) is 5.69 Å². The van der Waals surface area contributed by atoms with Crippen LogP contribution in [0.15, 0.2) is 24.3 Å². The second-order valence-corrected chi connectivity index (χ2v) is 5.78. The molecule has 21 heavy (non-hydrogen) atoms. The zero-order valence-electron chi connectivity index (χ0n) is 12.7. The van der Waals surface area contributed by atoms with Crippen LogP contribution in [0.5, 0.6) is 0 Å². The van der Waals surface area contributed by atoms with Crippen molar-refractivity contribution < 1.29 is 15.1 Å². The maximum atomic E-state index is 10.6. The van der Waals surface area contributed by atoms with E-state index in [-0.39, 0.29) is 18.3 Å². The number of non-ortho nitro benzene ring substituents is 1. The first-order valence-electron chi connectivity index (χ1n) is 7.14. The lowest BCUT2D eigenvalue weighted by molar-refractivity contribution is -0.384. The minimum absolute atomic E-state index is 0.0207. The molecule has 0 saturated carbocycles. The SMILES string of the molecule is CC(C)CC(C)NC(CO)C(O)c1ccc([N+](=O)[O-])cc1. The highest BCUT2D eigenvalue weighted by Gasteiger charge is 2.22. The Bertz CT molecular complexity index is 447. The Kier molecular flexibility index (Phi) is 6.74. The molecule has 0 amide bonds. The minimum atomic E-state index is -0.912. The normalized spacial score (nSPS) is 15.7. The lowest BCUT2D eigenvalue weighted by Crippen LogP contribution is -2.43. The van der Waals surface area contributed by atoms with Gasteiger partial charge in [-0.1, -0.05) is 13.8 Å². The maximum Gasteiger partial charge on any atom is 0.269 e. The topological polar surface area (TPSA) is 95.6 Å². The van der Waals surface area contributed by atoms with Gasteiger partial charge in [-0.25, -0.2) is 0 Å². The molecule has 0 aliphatic rings. The average Bonchev–Trinajstić information content (AvgIpc) is 2.43. The molecule has 3 atom stereocenters. The van der Waals surface area contributed by atoms with E-state index in [4.69, 9.17) is 0 Å². The quantitative estimate of drug-likeness (QED) is 0.504. The summed E-state index contributed by atoms with van der Waals surface area (Å²) in [7, 11) is 0. The van der Waals surface area contributed by atoms with E-state index in [1.54, 1.807) is 0 Å². The van der Waals surface area contributed by atoms with Crippen molar-refractivity contribution in [3.05, 3.63) is 39.9 Å². The van der Waals surface area contributed by atoms with Crippen molar-refractivity contribution in [1.82, 2.24) is 5.32 Å². The largest absolute Gasteiger partial charge is 0.395 e. The Morgan fingerprint density at radius 1 is 1.24 bits per heavy atom. The first kappa shape index (κ1) is 17.6. The van der Waals surface area contributed by atoms with Crippen LogP contribution >= 0.6 is 0 Å². The van der Waals surface area contributed by atoms with E-state index < -0.39 is 17.1 Å². The molecule has 0 spiro atoms. The van der Waals surface area contributed by atoms with Crippen molar-refractivity contribution in [3.63, 3.8) is 0 Å². The Morgan fingerprint density at radius 2 is 1.81 bits per heavy atom. The van der Waals surface area contributed by atoms with Gasteiger partial charge in [0.25, 0.3) is 5.69 Å². The fourth-order valence-corrected chi connectivity index (χ4v) is 2.41. The molecule has 0 aliphatic heterocycles. The first-order valence-corrected chi connectivity index (χ1v) is 7.14. The van der Waals surface area contributed by atoms with E-state index >= 15 is 0 Å². The van der Waals surface area contributed by atoms with Crippen LogP contribution in [-0.4, -0.2) is 33.8 Å². The Hall–Kier alpha value is -1.50. The molecular weight excluding hydrogens is 272 g/mol. The molecule has 1 aromatic carbocycles. The van der Waals surface area contributed by atoms with Gasteiger partial charge in [-0.05, 0) is 37.0 Å². The van der Waals surface area contributed by atoms with Crippen LogP contribution in [0.25, 0.3) is 0 Å². The number of nitrogens with zero attached hydrogens (tertiary/aromatic N) is 1. The van der Waals surface area contributed by atoms with Crippen molar-refractivity contribution in [3.8, 4) is 0 Å². The molecule has 0 saturated heterocycles. The molecule has 118 valence electrons. The van der Waals surface area contributed by atoms with Crippen molar-refractivity contribution >= 4 is 5.69 Å². The summed E-state index contributed by atoms with van der Waals surface area (Å²) in [6.07, 6.45) is 0.0224. The number of hydrogen-bond acceptors (Lipinski definition) is 5. The summed E-state index contributed by atoms with van der Waals surface area (Å²) in [5, 5.41) is 33.6. The lowest BCUT2D eigenvalue weighted by atomic mass is 9.99. The van der Waals surface area contributed by atoms with Crippen LogP contribution in [0, 0.1) is 16.0 Å². The van der Waals surface area contributed by atoms with Crippen molar-refractivity contribution in [1.29, 1.82) is 0 Å². The number of aliphatic hydroxyl groups excluding tert-OH is 2. The van der Waals surface area contributed by atoms with E-state index in [0.717, 1.165) is 6.42 Å². The molecule has 0 bridgehead atoms. The van der Waals surface area contributed by atoms with E-state index in [2.05, 4.69) is 19.2 Å². The van der Waals surface area contributed by atoms with Crippen LogP contribution in [0.1, 0.15) is 38.9 Å². The van der Waals surface area contributed by atoms with Crippen LogP contribution < -0.4 is 5.32 Å². The molecule has 6 heteroatoms. The minimum Gasteiger partial charge on any atom is -0.395 e. The van der Waals surface area contributed by atoms with Gasteiger partial charge in [0.05, 0.1) is 23.7 Å². The number of nitro groups is 1. The molecule has 6 nitrogen and oxygen atoms in total. The van der Waals surface area contributed by atoms with E-state index in [9.17, 15) is 20.3 Å². The number of benzene rings is 1. The van der Waals surface area contributed by atoms with Crippen molar-refractivity contribution in [2.45, 2.75) is 45.4 Å². The summed E-state index contributed by atoms with van der Waals surface area (Å²) in [6, 6.07) is 5.39. The first-order chi connectivity index (χ1) is 9.85. The van der Waals surface area contributed by atoms with Crippen molar-refractivity contribution in [2.24, 2.45) is 5.92 Å². The van der Waals surface area contributed by atoms with Gasteiger partial charge in [-0.3, -0.25) is 10.1 Å². The van der Waals surface area contributed by atoms with Gasteiger partial charge in [0.15, 0.2) is 0 Å². The van der Waals surface area contributed by atoms with Crippen LogP contribution in [0.3, 0.4) is 0 Å². The highest BCUT2D eigenvalue weighted by Crippen LogP contribution is 2.21. The number of hydrogen-bond donors (Lipinski definition) is 3. The highest BCUT2D eigenvalue weighted by molar-refractivity contribution is 5.34. The molecule has 1 rings (SSSR count). The van der Waals surface area contributed by atoms with Gasteiger partial charge >= 0.3 is 0 Å². The smallest absolute Gasteiger partial charge is 0.269 e. The zero-order valence-corrected chi connectivity index (χ0v) is 12.7. The predicted molar refractivity (Wildman–Crippen MR) is 81.0 cm³/mol. The fraction of sp³-hybridized carbons (Fsp3) is 0.600. The van der Waals surface area contributed by atoms with Gasteiger partial charge in [0.1, 0.15) is 0 Å². The van der Waals surface area contributed by atoms with Gasteiger partial charge in [0.2, 0.25) is 0 Å². The predicted octanol–water partition coefficient (Wildman–Crippen LogP) is 2.01. The second-order valence-electron chi connectivity index (χ2n) is 5.78. The average molecular weight is 296 g/mol. The van der Waals surface area contributed by atoms with Gasteiger partial charge < -0.3 is 15.5 Å². The zero-order chi connectivity index (χ0) is 16.0. The summed E-state index contributed by atoms with van der Waals surface area (Å²) in [6.45, 7) is 6.02. The monoisotopic (exact) mass is 296 g/mol. The number of nitrogens with one attached hydrogen (secondary N) is 1. The summed E-state index contributed by atoms with van der Waals surface area (Å²) < 4.78 is 0. The summed E-state index contributed by atoms with van der Waals surface area (Å²) >= 11 is 0. The molecular formula is C15H24N2O4. The fourth-order valence-electron chi connectivity index (χ4n) is 2.41. The molecule has 0 aromatic heterocycles. The number of aliphatic hydroxyl groups is 2. The third kappa shape index (κ3) is 5.41. The Morgan fingerprint density at radius 3 is 2.24 bits per heavy atom. The van der Waals surface area contributed by atoms with E-state index in [0.29, 0.717) is 11.5 Å². The molecule has 1 aromatic rings. The van der Waals surface area contributed by atoms with E-state index in [1.165, 1.54) is 24.3 Å².